The molecule has 0 bridgehead atoms. The Morgan fingerprint density at radius 1 is 0.933 bits per heavy atom. The van der Waals surface area contributed by atoms with Gasteiger partial charge in [0.25, 0.3) is 0 Å². The van der Waals surface area contributed by atoms with E-state index in [4.69, 9.17) is 4.98 Å². The summed E-state index contributed by atoms with van der Waals surface area (Å²) in [5.41, 5.74) is 2.72. The highest BCUT2D eigenvalue weighted by Crippen LogP contribution is 2.42. The van der Waals surface area contributed by atoms with Crippen LogP contribution in [-0.4, -0.2) is 26.4 Å². The monoisotopic (exact) mass is 400 g/mol. The molecule has 5 heteroatoms. The van der Waals surface area contributed by atoms with Crippen molar-refractivity contribution in [2.45, 2.75) is 38.8 Å². The lowest BCUT2D eigenvalue weighted by Crippen LogP contribution is -2.30. The predicted octanol–water partition coefficient (Wildman–Crippen LogP) is 4.95. The van der Waals surface area contributed by atoms with Gasteiger partial charge in [-0.05, 0) is 24.5 Å². The maximum atomic E-state index is 12.3. The van der Waals surface area contributed by atoms with E-state index in [0.29, 0.717) is 0 Å². The van der Waals surface area contributed by atoms with Crippen molar-refractivity contribution < 1.29 is 5.11 Å². The van der Waals surface area contributed by atoms with Gasteiger partial charge in [-0.1, -0.05) is 74.0 Å². The molecule has 0 amide bonds. The SMILES string of the molecule is CCCCNc1c(C(O)(c2ccccc2)c2ccccc2)cnc2c1cnn2CC. The molecule has 2 aromatic heterocycles. The van der Waals surface area contributed by atoms with E-state index < -0.39 is 5.60 Å². The lowest BCUT2D eigenvalue weighted by atomic mass is 9.80. The summed E-state index contributed by atoms with van der Waals surface area (Å²) in [6.45, 7) is 5.78. The summed E-state index contributed by atoms with van der Waals surface area (Å²) in [6.07, 6.45) is 5.77. The Bertz CT molecular complexity index is 1070. The van der Waals surface area contributed by atoms with E-state index in [9.17, 15) is 5.11 Å². The molecule has 0 atom stereocenters. The minimum absolute atomic E-state index is 0.735. The van der Waals surface area contributed by atoms with Crippen LogP contribution in [0.2, 0.25) is 0 Å². The van der Waals surface area contributed by atoms with E-state index in [1.807, 2.05) is 71.5 Å². The van der Waals surface area contributed by atoms with E-state index in [1.54, 1.807) is 6.20 Å². The van der Waals surface area contributed by atoms with Crippen LogP contribution in [0.15, 0.2) is 73.1 Å². The summed E-state index contributed by atoms with van der Waals surface area (Å²) in [5, 5.41) is 21.3. The Labute approximate surface area is 177 Å². The number of hydrogen-bond donors (Lipinski definition) is 2. The Hall–Kier alpha value is -3.18. The normalized spacial score (nSPS) is 11.7. The van der Waals surface area contributed by atoms with Gasteiger partial charge in [-0.25, -0.2) is 9.67 Å². The Kier molecular flexibility index (Phi) is 5.81. The molecule has 0 fully saturated rings. The van der Waals surface area contributed by atoms with Crippen molar-refractivity contribution in [3.05, 3.63) is 89.7 Å². The number of nitrogens with one attached hydrogen (secondary N) is 1. The standard InChI is InChI=1S/C25H28N4O/c1-3-5-16-26-23-21-17-28-29(4-2)24(21)27-18-22(23)25(30,19-12-8-6-9-13-19)20-14-10-7-11-15-20/h6-15,17-18,30H,3-5,16H2,1-2H3,(H,26,27). The van der Waals surface area contributed by atoms with E-state index >= 15 is 0 Å². The largest absolute Gasteiger partial charge is 0.384 e. The number of aromatic nitrogens is 3. The van der Waals surface area contributed by atoms with Crippen molar-refractivity contribution in [3.63, 3.8) is 0 Å². The number of benzene rings is 2. The molecule has 4 rings (SSSR count). The molecule has 0 spiro atoms. The summed E-state index contributed by atoms with van der Waals surface area (Å²) < 4.78 is 1.88. The van der Waals surface area contributed by atoms with E-state index in [-0.39, 0.29) is 0 Å². The minimum Gasteiger partial charge on any atom is -0.384 e. The molecular formula is C25H28N4O. The van der Waals surface area contributed by atoms with Crippen LogP contribution in [-0.2, 0) is 12.1 Å². The lowest BCUT2D eigenvalue weighted by Gasteiger charge is -2.32. The van der Waals surface area contributed by atoms with Crippen molar-refractivity contribution in [1.82, 2.24) is 14.8 Å². The van der Waals surface area contributed by atoms with Crippen LogP contribution in [0.1, 0.15) is 43.4 Å². The number of anilines is 1. The second kappa shape index (κ2) is 8.67. The molecule has 2 heterocycles. The van der Waals surface area contributed by atoms with Gasteiger partial charge in [0.2, 0.25) is 0 Å². The predicted molar refractivity (Wildman–Crippen MR) is 122 cm³/mol. The number of fused-ring (bicyclic) bond motifs is 1. The van der Waals surface area contributed by atoms with Gasteiger partial charge in [0.15, 0.2) is 5.65 Å². The maximum absolute atomic E-state index is 12.3. The van der Waals surface area contributed by atoms with Crippen LogP contribution in [0, 0.1) is 0 Å². The van der Waals surface area contributed by atoms with Crippen molar-refractivity contribution in [2.24, 2.45) is 0 Å². The first-order chi connectivity index (χ1) is 14.7. The van der Waals surface area contributed by atoms with Crippen LogP contribution in [0.25, 0.3) is 11.0 Å². The van der Waals surface area contributed by atoms with Crippen LogP contribution < -0.4 is 5.32 Å². The molecule has 0 aliphatic heterocycles. The van der Waals surface area contributed by atoms with E-state index in [2.05, 4.69) is 24.3 Å². The van der Waals surface area contributed by atoms with Crippen LogP contribution >= 0.6 is 0 Å². The van der Waals surface area contributed by atoms with E-state index in [0.717, 1.165) is 59.3 Å². The van der Waals surface area contributed by atoms with Gasteiger partial charge in [-0.2, -0.15) is 5.10 Å². The third kappa shape index (κ3) is 3.46. The average Bonchev–Trinajstić information content (AvgIpc) is 3.23. The average molecular weight is 401 g/mol. The quantitative estimate of drug-likeness (QED) is 0.411. The summed E-state index contributed by atoms with van der Waals surface area (Å²) in [6, 6.07) is 19.6. The summed E-state index contributed by atoms with van der Waals surface area (Å²) in [7, 11) is 0. The molecule has 154 valence electrons. The van der Waals surface area contributed by atoms with Gasteiger partial charge in [0.1, 0.15) is 5.60 Å². The van der Waals surface area contributed by atoms with Crippen molar-refractivity contribution in [3.8, 4) is 0 Å². The van der Waals surface area contributed by atoms with Crippen LogP contribution in [0.4, 0.5) is 5.69 Å². The zero-order chi connectivity index (χ0) is 21.0. The third-order valence-electron chi connectivity index (χ3n) is 5.57. The Morgan fingerprint density at radius 2 is 1.57 bits per heavy atom. The fraction of sp³-hybridized carbons (Fsp3) is 0.280. The maximum Gasteiger partial charge on any atom is 0.159 e. The van der Waals surface area contributed by atoms with Crippen LogP contribution in [0.3, 0.4) is 0 Å². The summed E-state index contributed by atoms with van der Waals surface area (Å²) >= 11 is 0. The second-order valence-electron chi connectivity index (χ2n) is 7.47. The highest BCUT2D eigenvalue weighted by atomic mass is 16.3. The highest BCUT2D eigenvalue weighted by molar-refractivity contribution is 5.91. The van der Waals surface area contributed by atoms with Gasteiger partial charge in [0.05, 0.1) is 17.3 Å². The number of unbranched alkanes of at least 4 members (excludes halogenated alkanes) is 1. The molecule has 0 aliphatic rings. The molecule has 0 radical (unpaired) electrons. The van der Waals surface area contributed by atoms with Gasteiger partial charge >= 0.3 is 0 Å². The number of nitrogens with zero attached hydrogens (tertiary/aromatic N) is 3. The fourth-order valence-corrected chi connectivity index (χ4v) is 3.95. The molecule has 0 unspecified atom stereocenters. The molecule has 0 saturated carbocycles. The lowest BCUT2D eigenvalue weighted by molar-refractivity contribution is 0.126. The van der Waals surface area contributed by atoms with E-state index in [1.165, 1.54) is 0 Å². The van der Waals surface area contributed by atoms with Crippen molar-refractivity contribution in [1.29, 1.82) is 0 Å². The van der Waals surface area contributed by atoms with Crippen LogP contribution in [0.5, 0.6) is 0 Å². The van der Waals surface area contributed by atoms with Crippen molar-refractivity contribution >= 4 is 16.7 Å². The zero-order valence-electron chi connectivity index (χ0n) is 17.5. The fourth-order valence-electron chi connectivity index (χ4n) is 3.95. The Balaban J connectivity index is 1.99. The Morgan fingerprint density at radius 3 is 2.13 bits per heavy atom. The third-order valence-corrected chi connectivity index (χ3v) is 5.57. The summed E-state index contributed by atoms with van der Waals surface area (Å²) in [5.74, 6) is 0. The van der Waals surface area contributed by atoms with Crippen molar-refractivity contribution in [2.75, 3.05) is 11.9 Å². The molecular weight excluding hydrogens is 372 g/mol. The first-order valence-corrected chi connectivity index (χ1v) is 10.6. The number of rotatable bonds is 8. The van der Waals surface area contributed by atoms with Gasteiger partial charge in [-0.3, -0.25) is 0 Å². The molecule has 0 aliphatic carbocycles. The molecule has 4 aromatic rings. The minimum atomic E-state index is -1.34. The molecule has 0 saturated heterocycles. The zero-order valence-corrected chi connectivity index (χ0v) is 17.5. The smallest absolute Gasteiger partial charge is 0.159 e. The molecule has 2 N–H and O–H groups in total. The second-order valence-corrected chi connectivity index (χ2v) is 7.47. The first kappa shape index (κ1) is 20.1. The number of hydrogen-bond acceptors (Lipinski definition) is 4. The van der Waals surface area contributed by atoms with Gasteiger partial charge < -0.3 is 10.4 Å². The topological polar surface area (TPSA) is 63.0 Å². The molecule has 5 nitrogen and oxygen atoms in total. The number of aliphatic hydroxyl groups is 1. The van der Waals surface area contributed by atoms with Gasteiger partial charge in [-0.15, -0.1) is 0 Å². The number of pyridine rings is 1. The van der Waals surface area contributed by atoms with Gasteiger partial charge in [0, 0.05) is 24.8 Å². The first-order valence-electron chi connectivity index (χ1n) is 10.6. The summed E-state index contributed by atoms with van der Waals surface area (Å²) in [4.78, 5) is 4.72. The molecule has 2 aromatic carbocycles. The number of aryl methyl sites for hydroxylation is 1. The highest BCUT2D eigenvalue weighted by Gasteiger charge is 2.37. The molecule has 30 heavy (non-hydrogen) atoms.